The van der Waals surface area contributed by atoms with Gasteiger partial charge >= 0.3 is 6.09 Å². The number of carbonyl (C=O) groups excluding carboxylic acids is 1. The molecule has 4 bridgehead atoms. The lowest BCUT2D eigenvalue weighted by atomic mass is 9.50. The molecule has 0 aromatic heterocycles. The van der Waals surface area contributed by atoms with E-state index in [0.29, 0.717) is 11.8 Å². The van der Waals surface area contributed by atoms with E-state index in [4.69, 9.17) is 4.74 Å². The molecule has 5 aliphatic rings. The molecule has 0 atom stereocenters. The fraction of sp³-hybridized carbons (Fsp3) is 0.923. The average Bonchev–Trinajstić information content (AvgIpc) is 2.52. The molecule has 0 aromatic carbocycles. The van der Waals surface area contributed by atoms with Crippen LogP contribution >= 0.6 is 0 Å². The van der Waals surface area contributed by atoms with Gasteiger partial charge in [0.15, 0.2) is 0 Å². The summed E-state index contributed by atoms with van der Waals surface area (Å²) in [5, 5.41) is 0. The second-order valence-corrected chi connectivity index (χ2v) is 6.48. The van der Waals surface area contributed by atoms with E-state index in [1.165, 1.54) is 32.1 Å². The highest BCUT2D eigenvalue weighted by Crippen LogP contribution is 2.60. The number of carbonyl (C=O) groups is 1. The Morgan fingerprint density at radius 2 is 1.69 bits per heavy atom. The van der Waals surface area contributed by atoms with Crippen molar-refractivity contribution in [3.05, 3.63) is 0 Å². The Balaban J connectivity index is 1.72. The van der Waals surface area contributed by atoms with Gasteiger partial charge in [-0.3, -0.25) is 0 Å². The molecule has 3 heteroatoms. The van der Waals surface area contributed by atoms with Crippen molar-refractivity contribution < 1.29 is 9.53 Å². The van der Waals surface area contributed by atoms with Crippen molar-refractivity contribution in [2.45, 2.75) is 37.7 Å². The third kappa shape index (κ3) is 0.975. The van der Waals surface area contributed by atoms with Crippen LogP contribution in [0, 0.1) is 23.7 Å². The van der Waals surface area contributed by atoms with Gasteiger partial charge in [-0.2, -0.15) is 0 Å². The molecular formula is C13H19NO2. The van der Waals surface area contributed by atoms with Gasteiger partial charge in [0.2, 0.25) is 0 Å². The summed E-state index contributed by atoms with van der Waals surface area (Å²) in [6, 6.07) is 0. The lowest BCUT2D eigenvalue weighted by Crippen LogP contribution is -2.59. The van der Waals surface area contributed by atoms with E-state index < -0.39 is 0 Å². The van der Waals surface area contributed by atoms with Crippen LogP contribution in [-0.4, -0.2) is 30.2 Å². The van der Waals surface area contributed by atoms with Crippen LogP contribution in [0.15, 0.2) is 0 Å². The molecule has 0 aromatic rings. The van der Waals surface area contributed by atoms with Gasteiger partial charge in [-0.25, -0.2) is 4.79 Å². The number of nitrogens with zero attached hydrogens (tertiary/aromatic N) is 1. The molecule has 3 nitrogen and oxygen atoms in total. The van der Waals surface area contributed by atoms with Crippen LogP contribution in [0.1, 0.15) is 32.1 Å². The summed E-state index contributed by atoms with van der Waals surface area (Å²) in [4.78, 5) is 13.5. The highest BCUT2D eigenvalue weighted by Gasteiger charge is 2.62. The van der Waals surface area contributed by atoms with Crippen molar-refractivity contribution >= 4 is 6.09 Å². The van der Waals surface area contributed by atoms with Crippen LogP contribution in [0.2, 0.25) is 0 Å². The Hall–Kier alpha value is -0.730. The van der Waals surface area contributed by atoms with Crippen molar-refractivity contribution in [2.75, 3.05) is 13.6 Å². The molecule has 0 N–H and O–H groups in total. The van der Waals surface area contributed by atoms with Crippen LogP contribution in [0.3, 0.4) is 0 Å². The second-order valence-electron chi connectivity index (χ2n) is 6.48. The zero-order valence-corrected chi connectivity index (χ0v) is 9.82. The van der Waals surface area contributed by atoms with Crippen LogP contribution in [0.4, 0.5) is 4.79 Å². The smallest absolute Gasteiger partial charge is 0.410 e. The minimum absolute atomic E-state index is 0.0841. The van der Waals surface area contributed by atoms with Crippen LogP contribution in [-0.2, 0) is 4.74 Å². The second kappa shape index (κ2) is 2.74. The minimum atomic E-state index is -0.0903. The Kier molecular flexibility index (Phi) is 1.60. The predicted molar refractivity (Wildman–Crippen MR) is 58.9 cm³/mol. The summed E-state index contributed by atoms with van der Waals surface area (Å²) in [5.74, 6) is 3.21. The third-order valence-corrected chi connectivity index (χ3v) is 5.59. The zero-order valence-electron chi connectivity index (χ0n) is 9.82. The lowest BCUT2D eigenvalue weighted by molar-refractivity contribution is -0.151. The molecule has 0 unspecified atom stereocenters. The Morgan fingerprint density at radius 3 is 2.12 bits per heavy atom. The maximum Gasteiger partial charge on any atom is 0.410 e. The van der Waals surface area contributed by atoms with E-state index in [1.54, 1.807) is 4.90 Å². The van der Waals surface area contributed by atoms with Gasteiger partial charge in [-0.05, 0) is 43.9 Å². The van der Waals surface area contributed by atoms with Crippen LogP contribution in [0.25, 0.3) is 0 Å². The van der Waals surface area contributed by atoms with Gasteiger partial charge in [-0.15, -0.1) is 0 Å². The topological polar surface area (TPSA) is 29.5 Å². The summed E-state index contributed by atoms with van der Waals surface area (Å²) < 4.78 is 5.82. The number of rotatable bonds is 0. The van der Waals surface area contributed by atoms with E-state index in [0.717, 1.165) is 18.4 Å². The van der Waals surface area contributed by atoms with Crippen molar-refractivity contribution in [3.63, 3.8) is 0 Å². The lowest BCUT2D eigenvalue weighted by Gasteiger charge is -2.58. The first-order chi connectivity index (χ1) is 7.67. The molecule has 1 heterocycles. The number of hydrogen-bond acceptors (Lipinski definition) is 2. The number of likely N-dealkylation sites (N-methyl/N-ethyl adjacent to an activating group) is 1. The highest BCUT2D eigenvalue weighted by molar-refractivity contribution is 5.70. The van der Waals surface area contributed by atoms with E-state index >= 15 is 0 Å². The molecule has 1 saturated heterocycles. The van der Waals surface area contributed by atoms with Crippen molar-refractivity contribution in [3.8, 4) is 0 Å². The summed E-state index contributed by atoms with van der Waals surface area (Å²) >= 11 is 0. The first-order valence-electron chi connectivity index (χ1n) is 6.61. The molecule has 4 saturated carbocycles. The van der Waals surface area contributed by atoms with Crippen LogP contribution in [0.5, 0.6) is 0 Å². The van der Waals surface area contributed by atoms with Gasteiger partial charge in [0.1, 0.15) is 5.60 Å². The largest absolute Gasteiger partial charge is 0.440 e. The molecule has 4 aliphatic carbocycles. The molecule has 1 spiro atoms. The SMILES string of the molecule is CN1CC2(OC1=O)C1CC3CC(C1)CC2C3. The summed E-state index contributed by atoms with van der Waals surface area (Å²) in [6.45, 7) is 0.848. The third-order valence-electron chi connectivity index (χ3n) is 5.59. The maximum atomic E-state index is 11.7. The Morgan fingerprint density at radius 1 is 1.12 bits per heavy atom. The van der Waals surface area contributed by atoms with Gasteiger partial charge in [0.05, 0.1) is 6.54 Å². The fourth-order valence-electron chi connectivity index (χ4n) is 5.11. The molecular weight excluding hydrogens is 202 g/mol. The summed E-state index contributed by atoms with van der Waals surface area (Å²) in [7, 11) is 1.88. The standard InChI is InChI=1S/C13H19NO2/c1-14-7-13(16-12(14)15)10-3-8-2-9(5-10)6-11(13)4-8/h8-11H,2-7H2,1H3. The molecule has 1 amide bonds. The molecule has 1 aliphatic heterocycles. The highest BCUT2D eigenvalue weighted by atomic mass is 16.6. The summed E-state index contributed by atoms with van der Waals surface area (Å²) in [5.41, 5.74) is -0.0841. The van der Waals surface area contributed by atoms with E-state index in [2.05, 4.69) is 0 Å². The molecule has 5 rings (SSSR count). The molecule has 88 valence electrons. The van der Waals surface area contributed by atoms with Gasteiger partial charge in [0.25, 0.3) is 0 Å². The van der Waals surface area contributed by atoms with Gasteiger partial charge in [0, 0.05) is 18.9 Å². The number of hydrogen-bond donors (Lipinski definition) is 0. The van der Waals surface area contributed by atoms with Gasteiger partial charge in [-0.1, -0.05) is 0 Å². The predicted octanol–water partition coefficient (Wildman–Crippen LogP) is 2.26. The first-order valence-corrected chi connectivity index (χ1v) is 6.61. The van der Waals surface area contributed by atoms with Gasteiger partial charge < -0.3 is 9.64 Å². The van der Waals surface area contributed by atoms with E-state index in [1.807, 2.05) is 7.05 Å². The number of amides is 1. The van der Waals surface area contributed by atoms with Crippen molar-refractivity contribution in [1.82, 2.24) is 4.90 Å². The quantitative estimate of drug-likeness (QED) is 0.628. The zero-order chi connectivity index (χ0) is 10.9. The normalized spacial score (nSPS) is 53.8. The Labute approximate surface area is 96.1 Å². The van der Waals surface area contributed by atoms with Crippen molar-refractivity contribution in [1.29, 1.82) is 0 Å². The van der Waals surface area contributed by atoms with Crippen molar-refractivity contribution in [2.24, 2.45) is 23.7 Å². The molecule has 5 fully saturated rings. The number of ether oxygens (including phenoxy) is 1. The maximum absolute atomic E-state index is 11.7. The van der Waals surface area contributed by atoms with E-state index in [9.17, 15) is 4.79 Å². The minimum Gasteiger partial charge on any atom is -0.440 e. The average molecular weight is 221 g/mol. The fourth-order valence-corrected chi connectivity index (χ4v) is 5.11. The molecule has 0 radical (unpaired) electrons. The monoisotopic (exact) mass is 221 g/mol. The molecule has 16 heavy (non-hydrogen) atoms. The Bertz CT molecular complexity index is 324. The summed E-state index contributed by atoms with van der Waals surface area (Å²) in [6.07, 6.45) is 6.62. The van der Waals surface area contributed by atoms with E-state index in [-0.39, 0.29) is 11.7 Å². The van der Waals surface area contributed by atoms with Crippen LogP contribution < -0.4 is 0 Å². The first kappa shape index (κ1) is 9.32.